The molecule has 0 unspecified atom stereocenters. The van der Waals surface area contributed by atoms with Crippen molar-refractivity contribution in [2.24, 2.45) is 0 Å². The largest absolute Gasteiger partial charge is 0.383 e. The molecule has 0 atom stereocenters. The van der Waals surface area contributed by atoms with Crippen molar-refractivity contribution >= 4 is 46.8 Å². The number of nitrogens with one attached hydrogen (secondary N) is 1. The van der Waals surface area contributed by atoms with E-state index in [1.54, 1.807) is 37.3 Å². The molecule has 0 aliphatic carbocycles. The molecule has 8 heteroatoms. The molecule has 0 spiro atoms. The lowest BCUT2D eigenvalue weighted by atomic mass is 10.1. The van der Waals surface area contributed by atoms with Crippen molar-refractivity contribution in [2.45, 2.75) is 11.4 Å². The molecule has 2 rings (SSSR count). The van der Waals surface area contributed by atoms with Gasteiger partial charge < -0.3 is 15.0 Å². The summed E-state index contributed by atoms with van der Waals surface area (Å²) in [5.41, 5.74) is 1.44. The number of hydrogen-bond donors (Lipinski definition) is 1. The summed E-state index contributed by atoms with van der Waals surface area (Å²) >= 11 is 13.3. The second kappa shape index (κ2) is 11.3. The lowest BCUT2D eigenvalue weighted by molar-refractivity contribution is -0.118. The van der Waals surface area contributed by atoms with Crippen molar-refractivity contribution in [3.05, 3.63) is 63.6 Å². The van der Waals surface area contributed by atoms with E-state index in [9.17, 15) is 9.59 Å². The van der Waals surface area contributed by atoms with Gasteiger partial charge >= 0.3 is 0 Å². The summed E-state index contributed by atoms with van der Waals surface area (Å²) in [6.45, 7) is 1.32. The second-order valence-electron chi connectivity index (χ2n) is 6.04. The van der Waals surface area contributed by atoms with Crippen molar-refractivity contribution in [1.82, 2.24) is 10.2 Å². The third-order valence-corrected chi connectivity index (χ3v) is 5.67. The van der Waals surface area contributed by atoms with Gasteiger partial charge in [-0.05, 0) is 29.8 Å². The van der Waals surface area contributed by atoms with Crippen LogP contribution in [0.2, 0.25) is 10.0 Å². The molecule has 0 aliphatic rings. The number of benzene rings is 2. The van der Waals surface area contributed by atoms with Crippen LogP contribution >= 0.6 is 35.0 Å². The molecule has 2 aromatic carbocycles. The van der Waals surface area contributed by atoms with Crippen molar-refractivity contribution in [3.8, 4) is 0 Å². The number of carbonyl (C=O) groups excluding carboxylic acids is 2. The number of ether oxygens (including phenoxy) is 1. The van der Waals surface area contributed by atoms with Gasteiger partial charge in [-0.25, -0.2) is 0 Å². The summed E-state index contributed by atoms with van der Waals surface area (Å²) < 4.78 is 4.91. The molecule has 0 fully saturated rings. The zero-order chi connectivity index (χ0) is 20.5. The Morgan fingerprint density at radius 1 is 1.14 bits per heavy atom. The van der Waals surface area contributed by atoms with Crippen molar-refractivity contribution in [1.29, 1.82) is 0 Å². The minimum atomic E-state index is -0.131. The SMILES string of the molecule is COCCNC(=O)CSc1ccccc1C(=O)N(C)Cc1ccc(Cl)c(Cl)c1. The van der Waals surface area contributed by atoms with Crippen molar-refractivity contribution in [3.63, 3.8) is 0 Å². The van der Waals surface area contributed by atoms with Gasteiger partial charge in [0.25, 0.3) is 5.91 Å². The lowest BCUT2D eigenvalue weighted by Crippen LogP contribution is -2.29. The Morgan fingerprint density at radius 2 is 1.89 bits per heavy atom. The Labute approximate surface area is 179 Å². The van der Waals surface area contributed by atoms with E-state index < -0.39 is 0 Å². The summed E-state index contributed by atoms with van der Waals surface area (Å²) in [4.78, 5) is 27.2. The molecular formula is C20H22Cl2N2O3S. The van der Waals surface area contributed by atoms with Crippen LogP contribution in [0, 0.1) is 0 Å². The summed E-state index contributed by atoms with van der Waals surface area (Å²) in [6.07, 6.45) is 0. The molecule has 0 bridgehead atoms. The van der Waals surface area contributed by atoms with Gasteiger partial charge in [0.15, 0.2) is 0 Å². The number of rotatable bonds is 9. The van der Waals surface area contributed by atoms with Gasteiger partial charge in [-0.2, -0.15) is 0 Å². The maximum Gasteiger partial charge on any atom is 0.255 e. The molecule has 150 valence electrons. The van der Waals surface area contributed by atoms with E-state index in [4.69, 9.17) is 27.9 Å². The zero-order valence-corrected chi connectivity index (χ0v) is 18.0. The van der Waals surface area contributed by atoms with Crippen LogP contribution in [0.4, 0.5) is 0 Å². The molecule has 0 radical (unpaired) electrons. The average Bonchev–Trinajstić information content (AvgIpc) is 2.69. The molecular weight excluding hydrogens is 419 g/mol. The number of methoxy groups -OCH3 is 1. The van der Waals surface area contributed by atoms with Crippen LogP contribution in [0.1, 0.15) is 15.9 Å². The predicted octanol–water partition coefficient (Wildman–Crippen LogP) is 4.12. The lowest BCUT2D eigenvalue weighted by Gasteiger charge is -2.19. The fourth-order valence-corrected chi connectivity index (χ4v) is 3.64. The van der Waals surface area contributed by atoms with Crippen LogP contribution in [0.5, 0.6) is 0 Å². The van der Waals surface area contributed by atoms with Crippen LogP contribution in [0.3, 0.4) is 0 Å². The fourth-order valence-electron chi connectivity index (χ4n) is 2.45. The number of carbonyl (C=O) groups is 2. The van der Waals surface area contributed by atoms with Gasteiger partial charge in [-0.15, -0.1) is 11.8 Å². The maximum absolute atomic E-state index is 12.9. The first kappa shape index (κ1) is 22.6. The first-order valence-electron chi connectivity index (χ1n) is 8.59. The van der Waals surface area contributed by atoms with Crippen LogP contribution in [-0.4, -0.2) is 49.8 Å². The van der Waals surface area contributed by atoms with Gasteiger partial charge in [0.1, 0.15) is 0 Å². The molecule has 0 saturated heterocycles. The highest BCUT2D eigenvalue weighted by atomic mass is 35.5. The highest BCUT2D eigenvalue weighted by molar-refractivity contribution is 8.00. The average molecular weight is 441 g/mol. The molecule has 0 saturated carbocycles. The summed E-state index contributed by atoms with van der Waals surface area (Å²) in [7, 11) is 3.31. The van der Waals surface area contributed by atoms with Gasteiger partial charge in [0.05, 0.1) is 28.0 Å². The third-order valence-electron chi connectivity index (χ3n) is 3.86. The Morgan fingerprint density at radius 3 is 2.61 bits per heavy atom. The highest BCUT2D eigenvalue weighted by Crippen LogP contribution is 2.26. The van der Waals surface area contributed by atoms with E-state index >= 15 is 0 Å². The molecule has 2 aromatic rings. The van der Waals surface area contributed by atoms with Gasteiger partial charge in [-0.1, -0.05) is 41.4 Å². The Balaban J connectivity index is 2.02. The van der Waals surface area contributed by atoms with Crippen LogP contribution in [0.15, 0.2) is 47.4 Å². The first-order chi connectivity index (χ1) is 13.4. The fraction of sp³-hybridized carbons (Fsp3) is 0.300. The summed E-state index contributed by atoms with van der Waals surface area (Å²) in [5, 5.41) is 3.70. The molecule has 5 nitrogen and oxygen atoms in total. The van der Waals surface area contributed by atoms with Gasteiger partial charge in [-0.3, -0.25) is 9.59 Å². The van der Waals surface area contributed by atoms with E-state index in [-0.39, 0.29) is 17.6 Å². The van der Waals surface area contributed by atoms with E-state index in [0.717, 1.165) is 10.5 Å². The zero-order valence-electron chi connectivity index (χ0n) is 15.7. The third kappa shape index (κ3) is 6.71. The van der Waals surface area contributed by atoms with E-state index in [1.807, 2.05) is 24.3 Å². The number of halogens is 2. The molecule has 0 aromatic heterocycles. The number of thioether (sulfide) groups is 1. The Hall–Kier alpha value is -1.73. The predicted molar refractivity (Wildman–Crippen MR) is 114 cm³/mol. The second-order valence-corrected chi connectivity index (χ2v) is 7.87. The monoisotopic (exact) mass is 440 g/mol. The standard InChI is InChI=1S/C20H22Cl2N2O3S/c1-24(12-14-7-8-16(21)17(22)11-14)20(26)15-5-3-4-6-18(15)28-13-19(25)23-9-10-27-2/h3-8,11H,9-10,12-13H2,1-2H3,(H,23,25). The summed E-state index contributed by atoms with van der Waals surface area (Å²) in [6, 6.07) is 12.6. The topological polar surface area (TPSA) is 58.6 Å². The van der Waals surface area contributed by atoms with E-state index in [1.165, 1.54) is 11.8 Å². The number of amides is 2. The van der Waals surface area contributed by atoms with Crippen LogP contribution < -0.4 is 5.32 Å². The van der Waals surface area contributed by atoms with Gasteiger partial charge in [0, 0.05) is 32.1 Å². The van der Waals surface area contributed by atoms with E-state index in [2.05, 4.69) is 5.32 Å². The minimum absolute atomic E-state index is 0.103. The summed E-state index contributed by atoms with van der Waals surface area (Å²) in [5.74, 6) is -0.00716. The van der Waals surface area contributed by atoms with Gasteiger partial charge in [0.2, 0.25) is 5.91 Å². The molecule has 0 aliphatic heterocycles. The number of nitrogens with zero attached hydrogens (tertiary/aromatic N) is 1. The number of hydrogen-bond acceptors (Lipinski definition) is 4. The van der Waals surface area contributed by atoms with Crippen molar-refractivity contribution < 1.29 is 14.3 Å². The molecule has 1 N–H and O–H groups in total. The smallest absolute Gasteiger partial charge is 0.255 e. The highest BCUT2D eigenvalue weighted by Gasteiger charge is 2.17. The minimum Gasteiger partial charge on any atom is -0.383 e. The van der Waals surface area contributed by atoms with Crippen LogP contribution in [0.25, 0.3) is 0 Å². The Kier molecular flexibility index (Phi) is 9.12. The van der Waals surface area contributed by atoms with E-state index in [0.29, 0.717) is 35.3 Å². The van der Waals surface area contributed by atoms with Crippen LogP contribution in [-0.2, 0) is 16.1 Å². The normalized spacial score (nSPS) is 10.6. The molecule has 2 amide bonds. The Bertz CT molecular complexity index is 833. The van der Waals surface area contributed by atoms with Crippen molar-refractivity contribution in [2.75, 3.05) is 33.1 Å². The first-order valence-corrected chi connectivity index (χ1v) is 10.3. The quantitative estimate of drug-likeness (QED) is 0.470. The molecule has 0 heterocycles. The maximum atomic E-state index is 12.9. The molecule has 28 heavy (non-hydrogen) atoms.